The van der Waals surface area contributed by atoms with Gasteiger partial charge in [0.05, 0.1) is 23.5 Å². The van der Waals surface area contributed by atoms with E-state index in [4.69, 9.17) is 11.6 Å². The molecule has 0 unspecified atom stereocenters. The van der Waals surface area contributed by atoms with Gasteiger partial charge < -0.3 is 0 Å². The Kier molecular flexibility index (Phi) is 3.79. The van der Waals surface area contributed by atoms with E-state index in [2.05, 4.69) is 40.6 Å². The third kappa shape index (κ3) is 2.58. The van der Waals surface area contributed by atoms with Crippen molar-refractivity contribution in [2.45, 2.75) is 12.3 Å². The summed E-state index contributed by atoms with van der Waals surface area (Å²) in [5.41, 5.74) is 4.40. The third-order valence-corrected chi connectivity index (χ3v) is 3.49. The van der Waals surface area contributed by atoms with Crippen molar-refractivity contribution in [3.63, 3.8) is 0 Å². The van der Waals surface area contributed by atoms with Crippen LogP contribution in [0.3, 0.4) is 0 Å². The van der Waals surface area contributed by atoms with Gasteiger partial charge in [-0.15, -0.1) is 16.7 Å². The maximum atomic E-state index is 5.94. The highest BCUT2D eigenvalue weighted by Crippen LogP contribution is 2.19. The predicted molar refractivity (Wildman–Crippen MR) is 80.2 cm³/mol. The first-order valence-electron chi connectivity index (χ1n) is 6.46. The fraction of sp³-hybridized carbons (Fsp3) is 0.125. The van der Waals surface area contributed by atoms with Crippen molar-refractivity contribution in [3.05, 3.63) is 77.6 Å². The van der Waals surface area contributed by atoms with E-state index < -0.39 is 0 Å². The van der Waals surface area contributed by atoms with E-state index in [0.717, 1.165) is 17.8 Å². The second-order valence-corrected chi connectivity index (χ2v) is 4.83. The average Bonchev–Trinajstić information content (AvgIpc) is 2.97. The van der Waals surface area contributed by atoms with Gasteiger partial charge in [0.15, 0.2) is 0 Å². The van der Waals surface area contributed by atoms with E-state index >= 15 is 0 Å². The van der Waals surface area contributed by atoms with Crippen molar-refractivity contribution in [2.24, 2.45) is 0 Å². The second kappa shape index (κ2) is 5.88. The summed E-state index contributed by atoms with van der Waals surface area (Å²) in [4.78, 5) is 0. The Bertz CT molecular complexity index is 692. The molecular formula is C16H14ClN3. The summed E-state index contributed by atoms with van der Waals surface area (Å²) in [6.07, 6.45) is 2.56. The number of rotatable bonds is 4. The maximum absolute atomic E-state index is 5.94. The molecule has 0 radical (unpaired) electrons. The smallest absolute Gasteiger partial charge is 0.0793 e. The van der Waals surface area contributed by atoms with Crippen LogP contribution in [0.15, 0.2) is 60.8 Å². The maximum Gasteiger partial charge on any atom is 0.0793 e. The highest BCUT2D eigenvalue weighted by molar-refractivity contribution is 6.16. The molecule has 0 saturated heterocycles. The van der Waals surface area contributed by atoms with Gasteiger partial charge in [0, 0.05) is 0 Å². The van der Waals surface area contributed by atoms with Crippen LogP contribution in [0.1, 0.15) is 16.8 Å². The van der Waals surface area contributed by atoms with Crippen LogP contribution in [0.5, 0.6) is 0 Å². The van der Waals surface area contributed by atoms with Crippen LogP contribution in [-0.2, 0) is 12.3 Å². The molecule has 0 aliphatic rings. The molecule has 4 heteroatoms. The first-order valence-corrected chi connectivity index (χ1v) is 6.99. The summed E-state index contributed by atoms with van der Waals surface area (Å²) < 4.78 is 1.81. The summed E-state index contributed by atoms with van der Waals surface area (Å²) in [5, 5.41) is 8.09. The second-order valence-electron chi connectivity index (χ2n) is 4.56. The van der Waals surface area contributed by atoms with Gasteiger partial charge in [-0.3, -0.25) is 0 Å². The van der Waals surface area contributed by atoms with Gasteiger partial charge in [-0.2, -0.15) is 0 Å². The molecule has 0 bridgehead atoms. The van der Waals surface area contributed by atoms with Crippen molar-refractivity contribution in [1.82, 2.24) is 15.0 Å². The van der Waals surface area contributed by atoms with E-state index in [1.807, 2.05) is 28.9 Å². The lowest BCUT2D eigenvalue weighted by molar-refractivity contribution is 0.774. The molecular weight excluding hydrogens is 270 g/mol. The summed E-state index contributed by atoms with van der Waals surface area (Å²) in [6.45, 7) is 0. The van der Waals surface area contributed by atoms with Crippen LogP contribution >= 0.6 is 11.6 Å². The molecule has 100 valence electrons. The Morgan fingerprint density at radius 1 is 0.950 bits per heavy atom. The van der Waals surface area contributed by atoms with Gasteiger partial charge in [0.1, 0.15) is 0 Å². The van der Waals surface area contributed by atoms with Crippen LogP contribution in [0.4, 0.5) is 0 Å². The molecule has 2 aromatic carbocycles. The molecule has 0 saturated carbocycles. The largest absolute Gasteiger partial charge is 0.216 e. The zero-order chi connectivity index (χ0) is 13.8. The molecule has 3 nitrogen and oxygen atoms in total. The molecule has 0 N–H and O–H groups in total. The van der Waals surface area contributed by atoms with Gasteiger partial charge in [0.25, 0.3) is 0 Å². The van der Waals surface area contributed by atoms with Crippen molar-refractivity contribution in [1.29, 1.82) is 0 Å². The molecule has 0 atom stereocenters. The third-order valence-electron chi connectivity index (χ3n) is 3.21. The van der Waals surface area contributed by atoms with Crippen LogP contribution in [0.2, 0.25) is 0 Å². The number of benzene rings is 2. The highest BCUT2D eigenvalue weighted by Gasteiger charge is 2.09. The van der Waals surface area contributed by atoms with Gasteiger partial charge in [-0.25, -0.2) is 4.68 Å². The van der Waals surface area contributed by atoms with Gasteiger partial charge >= 0.3 is 0 Å². The Morgan fingerprint density at radius 3 is 2.50 bits per heavy atom. The zero-order valence-electron chi connectivity index (χ0n) is 10.9. The molecule has 0 aliphatic heterocycles. The Morgan fingerprint density at radius 2 is 1.70 bits per heavy atom. The van der Waals surface area contributed by atoms with E-state index in [9.17, 15) is 0 Å². The number of aromatic nitrogens is 3. The Labute approximate surface area is 122 Å². The first kappa shape index (κ1) is 12.9. The molecule has 0 aliphatic carbocycles. The van der Waals surface area contributed by atoms with Crippen molar-refractivity contribution in [2.75, 3.05) is 0 Å². The first-order chi connectivity index (χ1) is 9.88. The van der Waals surface area contributed by atoms with Gasteiger partial charge in [0.2, 0.25) is 0 Å². The summed E-state index contributed by atoms with van der Waals surface area (Å²) in [7, 11) is 0. The van der Waals surface area contributed by atoms with E-state index in [1.165, 1.54) is 11.1 Å². The minimum absolute atomic E-state index is 0.396. The number of alkyl halides is 1. The predicted octanol–water partition coefficient (Wildman–Crippen LogP) is 3.60. The summed E-state index contributed by atoms with van der Waals surface area (Å²) >= 11 is 5.94. The monoisotopic (exact) mass is 283 g/mol. The quantitative estimate of drug-likeness (QED) is 0.685. The molecule has 3 aromatic rings. The molecule has 1 aromatic heterocycles. The molecule has 0 amide bonds. The van der Waals surface area contributed by atoms with Crippen molar-refractivity contribution < 1.29 is 0 Å². The lowest BCUT2D eigenvalue weighted by Crippen LogP contribution is -2.05. The van der Waals surface area contributed by atoms with Crippen LogP contribution < -0.4 is 0 Å². The Balaban J connectivity index is 2.01. The fourth-order valence-corrected chi connectivity index (χ4v) is 2.42. The van der Waals surface area contributed by atoms with E-state index in [-0.39, 0.29) is 0 Å². The van der Waals surface area contributed by atoms with Gasteiger partial charge in [-0.05, 0) is 23.6 Å². The molecule has 3 rings (SSSR count). The number of hydrogen-bond donors (Lipinski definition) is 0. The molecule has 0 fully saturated rings. The van der Waals surface area contributed by atoms with E-state index in [1.54, 1.807) is 6.20 Å². The van der Waals surface area contributed by atoms with Gasteiger partial charge in [-0.1, -0.05) is 53.7 Å². The van der Waals surface area contributed by atoms with Crippen LogP contribution in [-0.4, -0.2) is 15.0 Å². The molecule has 1 heterocycles. The minimum Gasteiger partial charge on any atom is -0.216 e. The summed E-state index contributed by atoms with van der Waals surface area (Å²) in [5.74, 6) is 0.396. The molecule has 20 heavy (non-hydrogen) atoms. The normalized spacial score (nSPS) is 10.7. The Hall–Kier alpha value is -2.13. The lowest BCUT2D eigenvalue weighted by atomic mass is 10.0. The topological polar surface area (TPSA) is 30.7 Å². The van der Waals surface area contributed by atoms with Crippen molar-refractivity contribution >= 4 is 11.6 Å². The number of halogens is 1. The number of para-hydroxylation sites is 1. The SMILES string of the molecule is ClCc1cnnn1-c1ccccc1Cc1ccccc1. The molecule has 0 spiro atoms. The van der Waals surface area contributed by atoms with Crippen LogP contribution in [0, 0.1) is 0 Å². The van der Waals surface area contributed by atoms with E-state index in [0.29, 0.717) is 5.88 Å². The highest BCUT2D eigenvalue weighted by atomic mass is 35.5. The lowest BCUT2D eigenvalue weighted by Gasteiger charge is -2.11. The zero-order valence-corrected chi connectivity index (χ0v) is 11.7. The number of hydrogen-bond acceptors (Lipinski definition) is 2. The average molecular weight is 284 g/mol. The minimum atomic E-state index is 0.396. The standard InChI is InChI=1S/C16H14ClN3/c17-11-15-12-18-19-20(15)16-9-5-4-8-14(16)10-13-6-2-1-3-7-13/h1-9,12H,10-11H2. The fourth-order valence-electron chi connectivity index (χ4n) is 2.23. The van der Waals surface area contributed by atoms with Crippen molar-refractivity contribution in [3.8, 4) is 5.69 Å². The summed E-state index contributed by atoms with van der Waals surface area (Å²) in [6, 6.07) is 18.6. The number of nitrogens with zero attached hydrogens (tertiary/aromatic N) is 3. The van der Waals surface area contributed by atoms with Crippen LogP contribution in [0.25, 0.3) is 5.69 Å².